The van der Waals surface area contributed by atoms with Crippen LogP contribution in [0.1, 0.15) is 15.9 Å². The minimum absolute atomic E-state index is 0.00966. The van der Waals surface area contributed by atoms with Gasteiger partial charge in [0, 0.05) is 6.20 Å². The van der Waals surface area contributed by atoms with Crippen molar-refractivity contribution >= 4 is 17.6 Å². The summed E-state index contributed by atoms with van der Waals surface area (Å²) in [6, 6.07) is 6.74. The average Bonchev–Trinajstić information content (AvgIpc) is 2.93. The number of fused-ring (bicyclic) bond motifs is 1. The van der Waals surface area contributed by atoms with E-state index in [1.54, 1.807) is 6.07 Å². The summed E-state index contributed by atoms with van der Waals surface area (Å²) in [5.74, 6) is 0.447. The SMILES string of the molecule is O=C(O)c1cnc(OCc2ccc3c(c2)OCO3)c(Cl)c1. The molecule has 0 atom stereocenters. The molecule has 2 aromatic rings. The smallest absolute Gasteiger partial charge is 0.337 e. The second-order valence-corrected chi connectivity index (χ2v) is 4.70. The number of halogens is 1. The Morgan fingerprint density at radius 3 is 2.90 bits per heavy atom. The minimum Gasteiger partial charge on any atom is -0.478 e. The van der Waals surface area contributed by atoms with Gasteiger partial charge in [0.05, 0.1) is 5.56 Å². The topological polar surface area (TPSA) is 77.9 Å². The quantitative estimate of drug-likeness (QED) is 0.935. The van der Waals surface area contributed by atoms with E-state index in [4.69, 9.17) is 30.9 Å². The molecular formula is C14H10ClNO5. The largest absolute Gasteiger partial charge is 0.478 e. The predicted molar refractivity (Wildman–Crippen MR) is 73.1 cm³/mol. The van der Waals surface area contributed by atoms with Gasteiger partial charge in [-0.15, -0.1) is 0 Å². The summed E-state index contributed by atoms with van der Waals surface area (Å²) < 4.78 is 16.0. The van der Waals surface area contributed by atoms with Crippen LogP contribution in [0.2, 0.25) is 5.02 Å². The van der Waals surface area contributed by atoms with Gasteiger partial charge in [-0.25, -0.2) is 9.78 Å². The van der Waals surface area contributed by atoms with Gasteiger partial charge >= 0.3 is 5.97 Å². The Labute approximate surface area is 124 Å². The fourth-order valence-electron chi connectivity index (χ4n) is 1.83. The van der Waals surface area contributed by atoms with E-state index < -0.39 is 5.97 Å². The van der Waals surface area contributed by atoms with Crippen molar-refractivity contribution in [3.8, 4) is 17.4 Å². The van der Waals surface area contributed by atoms with E-state index in [0.29, 0.717) is 11.5 Å². The fraction of sp³-hybridized carbons (Fsp3) is 0.143. The molecule has 21 heavy (non-hydrogen) atoms. The zero-order chi connectivity index (χ0) is 14.8. The Kier molecular flexibility index (Phi) is 3.53. The number of carboxylic acids is 1. The summed E-state index contributed by atoms with van der Waals surface area (Å²) in [5.41, 5.74) is 0.870. The number of carboxylic acid groups (broad SMARTS) is 1. The van der Waals surface area contributed by atoms with Crippen molar-refractivity contribution in [1.29, 1.82) is 0 Å². The monoisotopic (exact) mass is 307 g/mol. The van der Waals surface area contributed by atoms with Gasteiger partial charge in [-0.1, -0.05) is 17.7 Å². The Morgan fingerprint density at radius 2 is 2.14 bits per heavy atom. The van der Waals surface area contributed by atoms with E-state index in [0.717, 1.165) is 5.56 Å². The number of aromatic carboxylic acids is 1. The molecule has 0 amide bonds. The molecule has 6 nitrogen and oxygen atoms in total. The maximum atomic E-state index is 10.8. The molecule has 7 heteroatoms. The minimum atomic E-state index is -1.09. The molecule has 0 aliphatic carbocycles. The van der Waals surface area contributed by atoms with Crippen molar-refractivity contribution in [3.05, 3.63) is 46.6 Å². The van der Waals surface area contributed by atoms with E-state index in [2.05, 4.69) is 4.98 Å². The fourth-order valence-corrected chi connectivity index (χ4v) is 2.05. The Hall–Kier alpha value is -2.47. The number of carbonyl (C=O) groups is 1. The number of ether oxygens (including phenoxy) is 3. The van der Waals surface area contributed by atoms with Gasteiger partial charge in [-0.3, -0.25) is 0 Å². The van der Waals surface area contributed by atoms with Crippen molar-refractivity contribution < 1.29 is 24.1 Å². The van der Waals surface area contributed by atoms with Crippen molar-refractivity contribution in [2.45, 2.75) is 6.61 Å². The third-order valence-corrected chi connectivity index (χ3v) is 3.14. The lowest BCUT2D eigenvalue weighted by Gasteiger charge is -2.08. The van der Waals surface area contributed by atoms with Crippen LogP contribution in [-0.4, -0.2) is 22.9 Å². The summed E-state index contributed by atoms with van der Waals surface area (Å²) in [5, 5.41) is 8.98. The maximum absolute atomic E-state index is 10.8. The standard InChI is InChI=1S/C14H10ClNO5/c15-10-4-9(14(17)18)5-16-13(10)19-6-8-1-2-11-12(3-8)21-7-20-11/h1-5H,6-7H2,(H,17,18). The highest BCUT2D eigenvalue weighted by Crippen LogP contribution is 2.33. The van der Waals surface area contributed by atoms with Crippen molar-refractivity contribution in [2.24, 2.45) is 0 Å². The number of nitrogens with zero attached hydrogens (tertiary/aromatic N) is 1. The van der Waals surface area contributed by atoms with E-state index in [1.807, 2.05) is 12.1 Å². The Morgan fingerprint density at radius 1 is 1.33 bits per heavy atom. The van der Waals surface area contributed by atoms with Crippen LogP contribution < -0.4 is 14.2 Å². The molecule has 0 bridgehead atoms. The lowest BCUT2D eigenvalue weighted by Crippen LogP contribution is -2.01. The molecule has 0 saturated heterocycles. The van der Waals surface area contributed by atoms with E-state index >= 15 is 0 Å². The van der Waals surface area contributed by atoms with Crippen LogP contribution in [-0.2, 0) is 6.61 Å². The van der Waals surface area contributed by atoms with Crippen LogP contribution in [0.4, 0.5) is 0 Å². The molecule has 1 N–H and O–H groups in total. The second kappa shape index (κ2) is 5.49. The first-order valence-electron chi connectivity index (χ1n) is 6.03. The number of rotatable bonds is 4. The Bertz CT molecular complexity index is 704. The molecule has 1 aromatic carbocycles. The molecule has 3 rings (SSSR count). The molecule has 0 fully saturated rings. The normalized spacial score (nSPS) is 12.2. The summed E-state index contributed by atoms with van der Waals surface area (Å²) in [6.07, 6.45) is 1.20. The molecule has 0 unspecified atom stereocenters. The average molecular weight is 308 g/mol. The van der Waals surface area contributed by atoms with Crippen molar-refractivity contribution in [1.82, 2.24) is 4.98 Å². The van der Waals surface area contributed by atoms with E-state index in [1.165, 1.54) is 12.3 Å². The summed E-state index contributed by atoms with van der Waals surface area (Å²) in [6.45, 7) is 0.444. The molecule has 1 aromatic heterocycles. The van der Waals surface area contributed by atoms with Crippen LogP contribution in [0.5, 0.6) is 17.4 Å². The van der Waals surface area contributed by atoms with Crippen LogP contribution in [0.25, 0.3) is 0 Å². The van der Waals surface area contributed by atoms with Crippen LogP contribution in [0.15, 0.2) is 30.5 Å². The van der Waals surface area contributed by atoms with Crippen LogP contribution in [0, 0.1) is 0 Å². The summed E-state index contributed by atoms with van der Waals surface area (Å²) in [7, 11) is 0. The first kappa shape index (κ1) is 13.5. The van der Waals surface area contributed by atoms with Crippen LogP contribution in [0.3, 0.4) is 0 Å². The number of hydrogen-bond acceptors (Lipinski definition) is 5. The number of hydrogen-bond donors (Lipinski definition) is 1. The highest BCUT2D eigenvalue weighted by Gasteiger charge is 2.14. The molecule has 0 saturated carbocycles. The molecule has 108 valence electrons. The number of aromatic nitrogens is 1. The third kappa shape index (κ3) is 2.85. The van der Waals surface area contributed by atoms with Gasteiger partial charge in [-0.05, 0) is 23.8 Å². The lowest BCUT2D eigenvalue weighted by atomic mass is 10.2. The molecule has 0 spiro atoms. The third-order valence-electron chi connectivity index (χ3n) is 2.87. The predicted octanol–water partition coefficient (Wildman–Crippen LogP) is 2.74. The van der Waals surface area contributed by atoms with Gasteiger partial charge in [0.25, 0.3) is 0 Å². The van der Waals surface area contributed by atoms with Gasteiger partial charge < -0.3 is 19.3 Å². The van der Waals surface area contributed by atoms with Crippen molar-refractivity contribution in [2.75, 3.05) is 6.79 Å². The van der Waals surface area contributed by atoms with E-state index in [-0.39, 0.29) is 29.9 Å². The highest BCUT2D eigenvalue weighted by molar-refractivity contribution is 6.32. The first-order chi connectivity index (χ1) is 10.1. The summed E-state index contributed by atoms with van der Waals surface area (Å²) >= 11 is 5.94. The van der Waals surface area contributed by atoms with Crippen LogP contribution >= 0.6 is 11.6 Å². The van der Waals surface area contributed by atoms with Gasteiger partial charge in [0.2, 0.25) is 12.7 Å². The zero-order valence-electron chi connectivity index (χ0n) is 10.7. The zero-order valence-corrected chi connectivity index (χ0v) is 11.5. The molecule has 1 aliphatic rings. The maximum Gasteiger partial charge on any atom is 0.337 e. The highest BCUT2D eigenvalue weighted by atomic mass is 35.5. The number of benzene rings is 1. The Balaban J connectivity index is 1.71. The van der Waals surface area contributed by atoms with Crippen molar-refractivity contribution in [3.63, 3.8) is 0 Å². The van der Waals surface area contributed by atoms with Gasteiger partial charge in [0.1, 0.15) is 11.6 Å². The summed E-state index contributed by atoms with van der Waals surface area (Å²) in [4.78, 5) is 14.7. The second-order valence-electron chi connectivity index (χ2n) is 4.29. The molecule has 0 radical (unpaired) electrons. The lowest BCUT2D eigenvalue weighted by molar-refractivity contribution is 0.0696. The molecular weight excluding hydrogens is 298 g/mol. The van der Waals surface area contributed by atoms with Gasteiger partial charge in [-0.2, -0.15) is 0 Å². The molecule has 2 heterocycles. The number of pyridine rings is 1. The van der Waals surface area contributed by atoms with E-state index in [9.17, 15) is 4.79 Å². The molecule has 1 aliphatic heterocycles. The van der Waals surface area contributed by atoms with Gasteiger partial charge in [0.15, 0.2) is 11.5 Å². The first-order valence-corrected chi connectivity index (χ1v) is 6.41.